The molecule has 0 bridgehead atoms. The molecule has 5 heteroatoms. The van der Waals surface area contributed by atoms with Gasteiger partial charge >= 0.3 is 0 Å². The average Bonchev–Trinajstić information content (AvgIpc) is 2.90. The van der Waals surface area contributed by atoms with Crippen LogP contribution in [-0.4, -0.2) is 0 Å². The number of benzene rings is 1. The van der Waals surface area contributed by atoms with Crippen molar-refractivity contribution < 1.29 is 0 Å². The highest BCUT2D eigenvalue weighted by Crippen LogP contribution is 2.34. The van der Waals surface area contributed by atoms with E-state index in [1.807, 2.05) is 23.5 Å². The second-order valence-corrected chi connectivity index (χ2v) is 7.95. The van der Waals surface area contributed by atoms with E-state index in [9.17, 15) is 0 Å². The Morgan fingerprint density at radius 1 is 1.29 bits per heavy atom. The van der Waals surface area contributed by atoms with E-state index in [2.05, 4.69) is 33.5 Å². The van der Waals surface area contributed by atoms with Crippen LogP contribution in [0.5, 0.6) is 0 Å². The molecule has 0 saturated carbocycles. The number of hydrogen-bond acceptors (Lipinski definition) is 3. The van der Waals surface area contributed by atoms with Crippen LogP contribution < -0.4 is 11.3 Å². The van der Waals surface area contributed by atoms with Crippen molar-refractivity contribution in [2.75, 3.05) is 0 Å². The Morgan fingerprint density at radius 2 is 2.10 bits per heavy atom. The second-order valence-electron chi connectivity index (χ2n) is 5.46. The van der Waals surface area contributed by atoms with E-state index in [1.54, 1.807) is 4.88 Å². The molecule has 2 nitrogen and oxygen atoms in total. The molecule has 1 unspecified atom stereocenters. The third kappa shape index (κ3) is 3.51. The maximum atomic E-state index is 6.32. The molecule has 1 aliphatic rings. The maximum Gasteiger partial charge on any atom is 0.0594 e. The monoisotopic (exact) mass is 384 g/mol. The summed E-state index contributed by atoms with van der Waals surface area (Å²) in [6.45, 7) is 0. The Morgan fingerprint density at radius 3 is 2.81 bits per heavy atom. The molecule has 1 aromatic heterocycles. The quantitative estimate of drug-likeness (QED) is 0.586. The van der Waals surface area contributed by atoms with Crippen LogP contribution in [0.15, 0.2) is 28.7 Å². The van der Waals surface area contributed by atoms with Gasteiger partial charge in [0.1, 0.15) is 0 Å². The molecule has 1 atom stereocenters. The van der Waals surface area contributed by atoms with Gasteiger partial charge < -0.3 is 0 Å². The Labute approximate surface area is 142 Å². The third-order valence-electron chi connectivity index (χ3n) is 4.00. The van der Waals surface area contributed by atoms with Gasteiger partial charge in [0.15, 0.2) is 0 Å². The van der Waals surface area contributed by atoms with E-state index in [-0.39, 0.29) is 6.04 Å². The van der Waals surface area contributed by atoms with Crippen molar-refractivity contribution in [3.63, 3.8) is 0 Å². The van der Waals surface area contributed by atoms with Gasteiger partial charge in [0.25, 0.3) is 0 Å². The summed E-state index contributed by atoms with van der Waals surface area (Å²) < 4.78 is 1.00. The Balaban J connectivity index is 1.83. The number of thiophene rings is 1. The molecule has 0 saturated heterocycles. The number of aryl methyl sites for hydroxylation is 2. The number of fused-ring (bicyclic) bond motifs is 1. The van der Waals surface area contributed by atoms with Crippen LogP contribution in [0.2, 0.25) is 5.02 Å². The molecule has 0 amide bonds. The molecule has 1 heterocycles. The minimum absolute atomic E-state index is 0.124. The number of hydrazine groups is 1. The molecule has 1 aliphatic carbocycles. The largest absolute Gasteiger partial charge is 0.271 e. The Bertz CT molecular complexity index is 618. The van der Waals surface area contributed by atoms with E-state index in [0.29, 0.717) is 0 Å². The van der Waals surface area contributed by atoms with Crippen LogP contribution in [0.3, 0.4) is 0 Å². The van der Waals surface area contributed by atoms with Crippen molar-refractivity contribution in [1.82, 2.24) is 5.43 Å². The van der Waals surface area contributed by atoms with Crippen molar-refractivity contribution >= 4 is 38.9 Å². The summed E-state index contributed by atoms with van der Waals surface area (Å²) in [7, 11) is 0. The van der Waals surface area contributed by atoms with Gasteiger partial charge in [-0.05, 0) is 61.4 Å². The van der Waals surface area contributed by atoms with Gasteiger partial charge in [0.05, 0.1) is 6.04 Å². The lowest BCUT2D eigenvalue weighted by Gasteiger charge is -2.15. The minimum atomic E-state index is 0.124. The first-order valence-electron chi connectivity index (χ1n) is 7.19. The van der Waals surface area contributed by atoms with Gasteiger partial charge in [0.2, 0.25) is 0 Å². The summed E-state index contributed by atoms with van der Waals surface area (Å²) in [5.41, 5.74) is 5.59. The first kappa shape index (κ1) is 15.5. The highest BCUT2D eigenvalue weighted by atomic mass is 79.9. The number of nitrogens with two attached hydrogens (primary N) is 1. The summed E-state index contributed by atoms with van der Waals surface area (Å²) in [4.78, 5) is 2.86. The normalized spacial score (nSPS) is 15.8. The van der Waals surface area contributed by atoms with Gasteiger partial charge in [-0.2, -0.15) is 0 Å². The number of rotatable bonds is 4. The van der Waals surface area contributed by atoms with Crippen LogP contribution in [0.4, 0.5) is 0 Å². The van der Waals surface area contributed by atoms with Crippen molar-refractivity contribution in [3.05, 3.63) is 54.6 Å². The lowest BCUT2D eigenvalue weighted by molar-refractivity contribution is 0.560. The van der Waals surface area contributed by atoms with Gasteiger partial charge in [-0.3, -0.25) is 11.3 Å². The van der Waals surface area contributed by atoms with Crippen LogP contribution in [0.1, 0.15) is 39.8 Å². The molecular weight excluding hydrogens is 368 g/mol. The molecule has 1 aromatic carbocycles. The predicted octanol–water partition coefficient (Wildman–Crippen LogP) is 4.79. The smallest absolute Gasteiger partial charge is 0.0594 e. The SMILES string of the molecule is NNC(Cc1ccc(Br)cc1Cl)c1cc2c(s1)CCCC2. The molecule has 2 aromatic rings. The standard InChI is InChI=1S/C16H18BrClN2S/c17-12-6-5-10(13(18)9-12)7-14(20-19)16-8-11-3-1-2-4-15(11)21-16/h5-6,8-9,14,20H,1-4,7,19H2. The molecule has 112 valence electrons. The van der Waals surface area contributed by atoms with Crippen LogP contribution in [0.25, 0.3) is 0 Å². The van der Waals surface area contributed by atoms with E-state index in [4.69, 9.17) is 17.4 Å². The highest BCUT2D eigenvalue weighted by Gasteiger charge is 2.19. The fourth-order valence-electron chi connectivity index (χ4n) is 2.83. The summed E-state index contributed by atoms with van der Waals surface area (Å²) in [6.07, 6.45) is 5.86. The van der Waals surface area contributed by atoms with E-state index >= 15 is 0 Å². The second kappa shape index (κ2) is 6.80. The van der Waals surface area contributed by atoms with Gasteiger partial charge in [-0.15, -0.1) is 11.3 Å². The predicted molar refractivity (Wildman–Crippen MR) is 93.9 cm³/mol. The van der Waals surface area contributed by atoms with Crippen LogP contribution in [-0.2, 0) is 19.3 Å². The third-order valence-corrected chi connectivity index (χ3v) is 6.20. The fourth-order valence-corrected chi connectivity index (χ4v) is 4.90. The summed E-state index contributed by atoms with van der Waals surface area (Å²) in [6, 6.07) is 8.47. The van der Waals surface area contributed by atoms with Crippen LogP contribution in [0, 0.1) is 0 Å². The highest BCUT2D eigenvalue weighted by molar-refractivity contribution is 9.10. The zero-order chi connectivity index (χ0) is 14.8. The first-order valence-corrected chi connectivity index (χ1v) is 9.17. The zero-order valence-corrected chi connectivity index (χ0v) is 14.8. The summed E-state index contributed by atoms with van der Waals surface area (Å²) in [5, 5.41) is 0.783. The molecule has 0 aliphatic heterocycles. The Kier molecular flexibility index (Phi) is 5.02. The van der Waals surface area contributed by atoms with Gasteiger partial charge in [-0.1, -0.05) is 33.6 Å². The molecule has 0 fully saturated rings. The lowest BCUT2D eigenvalue weighted by atomic mass is 9.98. The van der Waals surface area contributed by atoms with Gasteiger partial charge in [-0.25, -0.2) is 0 Å². The number of nitrogens with one attached hydrogen (secondary N) is 1. The number of hydrogen-bond donors (Lipinski definition) is 2. The lowest BCUT2D eigenvalue weighted by Crippen LogP contribution is -2.29. The molecule has 21 heavy (non-hydrogen) atoms. The fraction of sp³-hybridized carbons (Fsp3) is 0.375. The van der Waals surface area contributed by atoms with Crippen LogP contribution >= 0.6 is 38.9 Å². The van der Waals surface area contributed by atoms with Crippen molar-refractivity contribution in [3.8, 4) is 0 Å². The topological polar surface area (TPSA) is 38.0 Å². The van der Waals surface area contributed by atoms with E-state index in [1.165, 1.54) is 36.1 Å². The molecule has 3 N–H and O–H groups in total. The maximum absolute atomic E-state index is 6.32. The molecule has 3 rings (SSSR count). The van der Waals surface area contributed by atoms with Crippen molar-refractivity contribution in [2.45, 2.75) is 38.1 Å². The molecule has 0 radical (unpaired) electrons. The average molecular weight is 386 g/mol. The number of halogens is 2. The zero-order valence-electron chi connectivity index (χ0n) is 11.7. The molecular formula is C16H18BrClN2S. The Hall–Kier alpha value is -0.390. The van der Waals surface area contributed by atoms with E-state index < -0.39 is 0 Å². The minimum Gasteiger partial charge on any atom is -0.271 e. The van der Waals surface area contributed by atoms with E-state index in [0.717, 1.165) is 21.5 Å². The van der Waals surface area contributed by atoms with Crippen molar-refractivity contribution in [2.24, 2.45) is 5.84 Å². The summed E-state index contributed by atoms with van der Waals surface area (Å²) in [5.74, 6) is 5.79. The first-order chi connectivity index (χ1) is 10.2. The molecule has 0 spiro atoms. The van der Waals surface area contributed by atoms with Gasteiger partial charge in [0, 0.05) is 19.2 Å². The van der Waals surface area contributed by atoms with Crippen molar-refractivity contribution in [1.29, 1.82) is 0 Å². The summed E-state index contributed by atoms with van der Waals surface area (Å²) >= 11 is 11.7.